The van der Waals surface area contributed by atoms with Crippen LogP contribution in [0.2, 0.25) is 0 Å². The van der Waals surface area contributed by atoms with Gasteiger partial charge in [-0.2, -0.15) is 0 Å². The van der Waals surface area contributed by atoms with Gasteiger partial charge in [0.2, 0.25) is 0 Å². The van der Waals surface area contributed by atoms with Crippen LogP contribution < -0.4 is 5.32 Å². The zero-order chi connectivity index (χ0) is 8.66. The average molecular weight is 208 g/mol. The molecule has 2 unspecified atom stereocenters. The zero-order valence-electron chi connectivity index (χ0n) is 7.75. The van der Waals surface area contributed by atoms with Crippen LogP contribution in [0, 0.1) is 10.8 Å². The van der Waals surface area contributed by atoms with Gasteiger partial charge >= 0.3 is 0 Å². The van der Waals surface area contributed by atoms with Crippen molar-refractivity contribution in [2.45, 2.75) is 19.3 Å². The number of aliphatic hydroxyl groups excluding tert-OH is 2. The minimum atomic E-state index is 0. The largest absolute Gasteiger partial charge is 0.396 e. The van der Waals surface area contributed by atoms with Gasteiger partial charge in [0.15, 0.2) is 0 Å². The summed E-state index contributed by atoms with van der Waals surface area (Å²) in [5.41, 5.74) is 0.169. The third kappa shape index (κ3) is 1.71. The summed E-state index contributed by atoms with van der Waals surface area (Å²) in [6, 6.07) is 0. The fourth-order valence-corrected chi connectivity index (χ4v) is 2.78. The van der Waals surface area contributed by atoms with Crippen molar-refractivity contribution in [2.75, 3.05) is 26.3 Å². The number of hydrogen-bond donors (Lipinski definition) is 3. The molecule has 1 heterocycles. The quantitative estimate of drug-likeness (QED) is 0.605. The van der Waals surface area contributed by atoms with Crippen molar-refractivity contribution in [3.63, 3.8) is 0 Å². The van der Waals surface area contributed by atoms with E-state index in [4.69, 9.17) is 0 Å². The first-order valence-corrected chi connectivity index (χ1v) is 4.67. The van der Waals surface area contributed by atoms with E-state index in [0.717, 1.165) is 32.4 Å². The molecule has 1 saturated heterocycles. The third-order valence-electron chi connectivity index (χ3n) is 3.61. The molecule has 2 bridgehead atoms. The van der Waals surface area contributed by atoms with Crippen molar-refractivity contribution in [1.29, 1.82) is 0 Å². The van der Waals surface area contributed by atoms with Crippen LogP contribution >= 0.6 is 12.4 Å². The van der Waals surface area contributed by atoms with E-state index >= 15 is 0 Å². The molecular weight excluding hydrogens is 190 g/mol. The molecule has 0 aromatic carbocycles. The molecule has 13 heavy (non-hydrogen) atoms. The van der Waals surface area contributed by atoms with Gasteiger partial charge in [-0.05, 0) is 19.3 Å². The van der Waals surface area contributed by atoms with Crippen molar-refractivity contribution < 1.29 is 10.2 Å². The lowest BCUT2D eigenvalue weighted by Gasteiger charge is -2.38. The number of hydrogen-bond acceptors (Lipinski definition) is 3. The lowest BCUT2D eigenvalue weighted by molar-refractivity contribution is 0.0515. The zero-order valence-corrected chi connectivity index (χ0v) is 8.57. The highest BCUT2D eigenvalue weighted by atomic mass is 35.5. The molecule has 0 radical (unpaired) electrons. The normalized spacial score (nSPS) is 42.9. The van der Waals surface area contributed by atoms with Crippen molar-refractivity contribution in [2.24, 2.45) is 10.8 Å². The van der Waals surface area contributed by atoms with E-state index in [1.54, 1.807) is 0 Å². The Morgan fingerprint density at radius 1 is 1.00 bits per heavy atom. The molecule has 3 nitrogen and oxygen atoms in total. The predicted molar refractivity (Wildman–Crippen MR) is 53.0 cm³/mol. The molecule has 0 aromatic rings. The highest BCUT2D eigenvalue weighted by Gasteiger charge is 2.50. The maximum Gasteiger partial charge on any atom is 0.0499 e. The molecule has 1 aliphatic heterocycles. The van der Waals surface area contributed by atoms with Gasteiger partial charge in [0.1, 0.15) is 0 Å². The Morgan fingerprint density at radius 3 is 1.85 bits per heavy atom. The van der Waals surface area contributed by atoms with Crippen molar-refractivity contribution >= 4 is 12.4 Å². The first-order valence-electron chi connectivity index (χ1n) is 4.67. The Kier molecular flexibility index (Phi) is 3.23. The van der Waals surface area contributed by atoms with Crippen molar-refractivity contribution in [1.82, 2.24) is 5.32 Å². The van der Waals surface area contributed by atoms with Gasteiger partial charge in [-0.25, -0.2) is 0 Å². The van der Waals surface area contributed by atoms with Crippen LogP contribution in [0.1, 0.15) is 19.3 Å². The van der Waals surface area contributed by atoms with E-state index in [2.05, 4.69) is 5.32 Å². The summed E-state index contributed by atoms with van der Waals surface area (Å²) < 4.78 is 0. The summed E-state index contributed by atoms with van der Waals surface area (Å²) in [5, 5.41) is 21.8. The van der Waals surface area contributed by atoms with Gasteiger partial charge in [-0.15, -0.1) is 12.4 Å². The Morgan fingerprint density at radius 2 is 1.46 bits per heavy atom. The summed E-state index contributed by atoms with van der Waals surface area (Å²) in [6.07, 6.45) is 3.13. The third-order valence-corrected chi connectivity index (χ3v) is 3.61. The molecule has 0 aromatic heterocycles. The van der Waals surface area contributed by atoms with E-state index in [0.29, 0.717) is 0 Å². The van der Waals surface area contributed by atoms with Gasteiger partial charge in [0, 0.05) is 37.1 Å². The Balaban J connectivity index is 0.000000845. The predicted octanol–water partition coefficient (Wildman–Crippen LogP) is 0.153. The summed E-state index contributed by atoms with van der Waals surface area (Å²) in [7, 11) is 0. The minimum absolute atomic E-state index is 0. The Bertz CT molecular complexity index is 172. The van der Waals surface area contributed by atoms with E-state index in [1.165, 1.54) is 0 Å². The van der Waals surface area contributed by atoms with Gasteiger partial charge in [-0.1, -0.05) is 0 Å². The topological polar surface area (TPSA) is 52.5 Å². The number of piperidine rings is 1. The van der Waals surface area contributed by atoms with Gasteiger partial charge in [0.05, 0.1) is 0 Å². The molecule has 2 rings (SSSR count). The summed E-state index contributed by atoms with van der Waals surface area (Å²) in [4.78, 5) is 0. The molecule has 0 spiro atoms. The van der Waals surface area contributed by atoms with Crippen molar-refractivity contribution in [3.8, 4) is 0 Å². The van der Waals surface area contributed by atoms with E-state index in [9.17, 15) is 10.2 Å². The van der Waals surface area contributed by atoms with Gasteiger partial charge in [-0.3, -0.25) is 0 Å². The van der Waals surface area contributed by atoms with E-state index in [-0.39, 0.29) is 36.5 Å². The van der Waals surface area contributed by atoms with E-state index < -0.39 is 0 Å². The summed E-state index contributed by atoms with van der Waals surface area (Å²) >= 11 is 0. The van der Waals surface area contributed by atoms with E-state index in [1.807, 2.05) is 0 Å². The van der Waals surface area contributed by atoms with Crippen LogP contribution in [0.3, 0.4) is 0 Å². The van der Waals surface area contributed by atoms with Gasteiger partial charge < -0.3 is 15.5 Å². The van der Waals surface area contributed by atoms with Crippen LogP contribution in [0.4, 0.5) is 0 Å². The second kappa shape index (κ2) is 3.73. The molecule has 78 valence electrons. The number of fused-ring (bicyclic) bond motifs is 2. The highest BCUT2D eigenvalue weighted by Crippen LogP contribution is 2.50. The second-order valence-corrected chi connectivity index (χ2v) is 4.60. The van der Waals surface area contributed by atoms with Crippen LogP contribution in [0.25, 0.3) is 0 Å². The fraction of sp³-hybridized carbons (Fsp3) is 1.00. The number of aliphatic hydroxyl groups is 2. The van der Waals surface area contributed by atoms with Crippen LogP contribution in [0.5, 0.6) is 0 Å². The SMILES string of the molecule is Cl.OCC12CCC(CO)(CNC1)C2. The monoisotopic (exact) mass is 207 g/mol. The lowest BCUT2D eigenvalue weighted by Crippen LogP contribution is -2.47. The Hall–Kier alpha value is 0.170. The molecular formula is C9H18ClNO2. The number of nitrogens with one attached hydrogen (secondary N) is 1. The standard InChI is InChI=1S/C9H17NO2.ClH/c11-6-8-1-2-9(3-8,7-12)5-10-4-8;/h10-12H,1-7H2;1H. The first-order chi connectivity index (χ1) is 5.74. The highest BCUT2D eigenvalue weighted by molar-refractivity contribution is 5.85. The van der Waals surface area contributed by atoms with Crippen molar-refractivity contribution in [3.05, 3.63) is 0 Å². The minimum Gasteiger partial charge on any atom is -0.396 e. The second-order valence-electron chi connectivity index (χ2n) is 4.60. The molecule has 1 saturated carbocycles. The molecule has 2 fully saturated rings. The maximum absolute atomic E-state index is 9.26. The fourth-order valence-electron chi connectivity index (χ4n) is 2.78. The van der Waals surface area contributed by atoms with Crippen LogP contribution in [-0.4, -0.2) is 36.5 Å². The molecule has 2 aliphatic rings. The molecule has 4 heteroatoms. The smallest absolute Gasteiger partial charge is 0.0499 e. The summed E-state index contributed by atoms with van der Waals surface area (Å²) in [5.74, 6) is 0. The molecule has 0 amide bonds. The first kappa shape index (κ1) is 11.2. The average Bonchev–Trinajstić information content (AvgIpc) is 2.41. The van der Waals surface area contributed by atoms with Crippen LogP contribution in [-0.2, 0) is 0 Å². The maximum atomic E-state index is 9.26. The summed E-state index contributed by atoms with van der Waals surface area (Å²) in [6.45, 7) is 2.38. The van der Waals surface area contributed by atoms with Crippen LogP contribution in [0.15, 0.2) is 0 Å². The number of rotatable bonds is 2. The Labute approximate surface area is 84.9 Å². The molecule has 2 atom stereocenters. The lowest BCUT2D eigenvalue weighted by atomic mass is 9.77. The molecule has 3 N–H and O–H groups in total. The molecule has 1 aliphatic carbocycles. The number of halogens is 1. The van der Waals surface area contributed by atoms with Gasteiger partial charge in [0.25, 0.3) is 0 Å².